The largest absolute Gasteiger partial charge is 0.479 e. The van der Waals surface area contributed by atoms with Gasteiger partial charge in [-0.3, -0.25) is 0 Å². The molecule has 0 radical (unpaired) electrons. The lowest BCUT2D eigenvalue weighted by Gasteiger charge is -2.44. The molecule has 3 heterocycles. The summed E-state index contributed by atoms with van der Waals surface area (Å²) < 4.78 is 14.5. The number of fused-ring (bicyclic) bond motifs is 3. The summed E-state index contributed by atoms with van der Waals surface area (Å²) >= 11 is 0. The molecule has 140 valence electrons. The van der Waals surface area contributed by atoms with Crippen LogP contribution in [0.2, 0.25) is 0 Å². The van der Waals surface area contributed by atoms with Gasteiger partial charge in [0.1, 0.15) is 11.7 Å². The molecular formula is C22H24N2O3. The molecule has 0 aliphatic carbocycles. The SMILES string of the molecule is C=C[C@]1(OCC)c2ccn3c(C)c(C)nc3c2O[C@H](c2ccccc2)[C@H]1O. The predicted molar refractivity (Wildman–Crippen MR) is 104 cm³/mol. The molecule has 1 aliphatic rings. The molecule has 0 fully saturated rings. The van der Waals surface area contributed by atoms with Gasteiger partial charge in [-0.2, -0.15) is 0 Å². The zero-order chi connectivity index (χ0) is 19.2. The van der Waals surface area contributed by atoms with Crippen molar-refractivity contribution in [2.24, 2.45) is 0 Å². The number of hydrogen-bond acceptors (Lipinski definition) is 4. The van der Waals surface area contributed by atoms with Crippen LogP contribution in [0.5, 0.6) is 5.75 Å². The molecule has 0 unspecified atom stereocenters. The van der Waals surface area contributed by atoms with Gasteiger partial charge in [0.25, 0.3) is 0 Å². The van der Waals surface area contributed by atoms with Crippen LogP contribution in [0.3, 0.4) is 0 Å². The van der Waals surface area contributed by atoms with Crippen LogP contribution in [0.25, 0.3) is 5.65 Å². The van der Waals surface area contributed by atoms with Gasteiger partial charge in [-0.15, -0.1) is 0 Å². The molecule has 0 bridgehead atoms. The summed E-state index contributed by atoms with van der Waals surface area (Å²) in [6, 6.07) is 11.6. The number of pyridine rings is 1. The van der Waals surface area contributed by atoms with Crippen LogP contribution >= 0.6 is 0 Å². The van der Waals surface area contributed by atoms with E-state index >= 15 is 0 Å². The van der Waals surface area contributed by atoms with Crippen LogP contribution in [0, 0.1) is 13.8 Å². The fraction of sp³-hybridized carbons (Fsp3) is 0.318. The van der Waals surface area contributed by atoms with Crippen molar-refractivity contribution in [1.82, 2.24) is 9.38 Å². The number of imidazole rings is 1. The van der Waals surface area contributed by atoms with E-state index in [1.54, 1.807) is 6.08 Å². The molecule has 0 amide bonds. The Kier molecular flexibility index (Phi) is 4.29. The lowest BCUT2D eigenvalue weighted by Crippen LogP contribution is -2.49. The fourth-order valence-corrected chi connectivity index (χ4v) is 3.90. The number of nitrogens with zero attached hydrogens (tertiary/aromatic N) is 2. The minimum Gasteiger partial charge on any atom is -0.479 e. The third kappa shape index (κ3) is 2.50. The van der Waals surface area contributed by atoms with Crippen LogP contribution < -0.4 is 4.74 Å². The minimum absolute atomic E-state index is 0.432. The second-order valence-electron chi connectivity index (χ2n) is 6.86. The fourth-order valence-electron chi connectivity index (χ4n) is 3.90. The van der Waals surface area contributed by atoms with Gasteiger partial charge in [-0.1, -0.05) is 43.0 Å². The number of aryl methyl sites for hydroxylation is 2. The molecule has 0 saturated heterocycles. The Bertz CT molecular complexity index is 996. The molecule has 2 aromatic heterocycles. The maximum Gasteiger partial charge on any atom is 0.180 e. The first kappa shape index (κ1) is 17.8. The van der Waals surface area contributed by atoms with Crippen LogP contribution in [0.1, 0.15) is 35.5 Å². The molecule has 3 aromatic rings. The summed E-state index contributed by atoms with van der Waals surface area (Å²) in [5.74, 6) is 0.626. The highest BCUT2D eigenvalue weighted by Crippen LogP contribution is 2.49. The van der Waals surface area contributed by atoms with E-state index < -0.39 is 17.8 Å². The molecule has 1 aliphatic heterocycles. The second-order valence-corrected chi connectivity index (χ2v) is 6.86. The molecular weight excluding hydrogens is 340 g/mol. The molecule has 5 nitrogen and oxygen atoms in total. The summed E-state index contributed by atoms with van der Waals surface area (Å²) in [6.45, 7) is 10.3. The van der Waals surface area contributed by atoms with E-state index in [0.29, 0.717) is 12.4 Å². The van der Waals surface area contributed by atoms with Gasteiger partial charge in [0.05, 0.1) is 5.69 Å². The van der Waals surface area contributed by atoms with Gasteiger partial charge in [0, 0.05) is 24.1 Å². The van der Waals surface area contributed by atoms with Crippen molar-refractivity contribution in [2.75, 3.05) is 6.61 Å². The maximum atomic E-state index is 11.3. The summed E-state index contributed by atoms with van der Waals surface area (Å²) in [7, 11) is 0. The number of aromatic nitrogens is 2. The average Bonchev–Trinajstić information content (AvgIpc) is 2.99. The number of benzene rings is 1. The monoisotopic (exact) mass is 364 g/mol. The third-order valence-corrected chi connectivity index (χ3v) is 5.43. The third-order valence-electron chi connectivity index (χ3n) is 5.43. The Balaban J connectivity index is 2.00. The van der Waals surface area contributed by atoms with Crippen LogP contribution in [0.4, 0.5) is 0 Å². The second kappa shape index (κ2) is 6.51. The molecule has 5 heteroatoms. The van der Waals surface area contributed by atoms with E-state index in [1.165, 1.54) is 0 Å². The number of rotatable bonds is 4. The molecule has 1 N–H and O–H groups in total. The van der Waals surface area contributed by atoms with Crippen LogP contribution in [-0.2, 0) is 10.3 Å². The van der Waals surface area contributed by atoms with Crippen molar-refractivity contribution in [3.05, 3.63) is 77.8 Å². The number of aliphatic hydroxyl groups excluding tert-OH is 1. The smallest absolute Gasteiger partial charge is 0.180 e. The first-order chi connectivity index (χ1) is 13.0. The van der Waals surface area contributed by atoms with Crippen molar-refractivity contribution >= 4 is 5.65 Å². The van der Waals surface area contributed by atoms with E-state index in [9.17, 15) is 5.11 Å². The Labute approximate surface area is 158 Å². The van der Waals surface area contributed by atoms with Crippen molar-refractivity contribution in [2.45, 2.75) is 38.6 Å². The predicted octanol–water partition coefficient (Wildman–Crippen LogP) is 3.86. The lowest BCUT2D eigenvalue weighted by molar-refractivity contribution is -0.146. The molecule has 1 aromatic carbocycles. The highest BCUT2D eigenvalue weighted by atomic mass is 16.5. The lowest BCUT2D eigenvalue weighted by atomic mass is 9.80. The van der Waals surface area contributed by atoms with E-state index in [4.69, 9.17) is 14.5 Å². The van der Waals surface area contributed by atoms with E-state index in [0.717, 1.165) is 28.2 Å². The first-order valence-corrected chi connectivity index (χ1v) is 9.19. The Morgan fingerprint density at radius 3 is 2.70 bits per heavy atom. The number of hydrogen-bond donors (Lipinski definition) is 1. The van der Waals surface area contributed by atoms with Crippen molar-refractivity contribution in [3.8, 4) is 5.75 Å². The van der Waals surface area contributed by atoms with E-state index in [-0.39, 0.29) is 0 Å². The van der Waals surface area contributed by atoms with Gasteiger partial charge >= 0.3 is 0 Å². The van der Waals surface area contributed by atoms with Gasteiger partial charge in [-0.25, -0.2) is 4.98 Å². The van der Waals surface area contributed by atoms with E-state index in [1.807, 2.05) is 67.8 Å². The molecule has 27 heavy (non-hydrogen) atoms. The van der Waals surface area contributed by atoms with Crippen molar-refractivity contribution < 1.29 is 14.6 Å². The normalized spacial score (nSPS) is 24.4. The first-order valence-electron chi connectivity index (χ1n) is 9.19. The minimum atomic E-state index is -1.07. The Morgan fingerprint density at radius 1 is 1.30 bits per heavy atom. The van der Waals surface area contributed by atoms with Gasteiger partial charge < -0.3 is 19.0 Å². The highest BCUT2D eigenvalue weighted by molar-refractivity contribution is 5.64. The summed E-state index contributed by atoms with van der Waals surface area (Å²) in [6.07, 6.45) is 2.09. The summed E-state index contributed by atoms with van der Waals surface area (Å²) in [5.41, 5.74) is 3.27. The van der Waals surface area contributed by atoms with Crippen LogP contribution in [0.15, 0.2) is 55.3 Å². The zero-order valence-electron chi connectivity index (χ0n) is 15.8. The van der Waals surface area contributed by atoms with Gasteiger partial charge in [0.15, 0.2) is 17.5 Å². The molecule has 3 atom stereocenters. The van der Waals surface area contributed by atoms with Crippen LogP contribution in [-0.4, -0.2) is 27.2 Å². The Morgan fingerprint density at radius 2 is 2.04 bits per heavy atom. The summed E-state index contributed by atoms with van der Waals surface area (Å²) in [4.78, 5) is 4.71. The van der Waals surface area contributed by atoms with Gasteiger partial charge in [-0.05, 0) is 32.4 Å². The Hall–Kier alpha value is -2.63. The van der Waals surface area contributed by atoms with Crippen molar-refractivity contribution in [3.63, 3.8) is 0 Å². The number of ether oxygens (including phenoxy) is 2. The zero-order valence-corrected chi connectivity index (χ0v) is 15.8. The average molecular weight is 364 g/mol. The standard InChI is InChI=1S/C22H24N2O3/c1-5-22(26-6-2)17-12-13-24-15(4)14(3)23-21(24)19(17)27-18(20(22)25)16-10-8-7-9-11-16/h5,7-13,18,20,25H,1,6H2,2-4H3/t18-,20-,22+/m1/s1. The maximum absolute atomic E-state index is 11.3. The van der Waals surface area contributed by atoms with Crippen molar-refractivity contribution in [1.29, 1.82) is 0 Å². The quantitative estimate of drug-likeness (QED) is 0.714. The number of aliphatic hydroxyl groups is 1. The molecule has 0 spiro atoms. The molecule has 4 rings (SSSR count). The highest BCUT2D eigenvalue weighted by Gasteiger charge is 2.50. The summed E-state index contributed by atoms with van der Waals surface area (Å²) in [5, 5.41) is 11.3. The van der Waals surface area contributed by atoms with E-state index in [2.05, 4.69) is 6.58 Å². The van der Waals surface area contributed by atoms with Gasteiger partial charge in [0.2, 0.25) is 0 Å². The molecule has 0 saturated carbocycles. The topological polar surface area (TPSA) is 56.0 Å².